The highest BCUT2D eigenvalue weighted by molar-refractivity contribution is 5.68. The van der Waals surface area contributed by atoms with Crippen molar-refractivity contribution in [3.8, 4) is 16.9 Å². The Labute approximate surface area is 96.1 Å². The van der Waals surface area contributed by atoms with Crippen LogP contribution < -0.4 is 0 Å². The molecule has 0 saturated heterocycles. The molecule has 1 N–H and O–H groups in total. The molecule has 1 nitrogen and oxygen atoms in total. The van der Waals surface area contributed by atoms with Gasteiger partial charge in [-0.25, -0.2) is 13.2 Å². The Balaban J connectivity index is 2.64. The van der Waals surface area contributed by atoms with Crippen molar-refractivity contribution < 1.29 is 18.3 Å². The first-order valence-corrected chi connectivity index (χ1v) is 4.93. The normalized spacial score (nSPS) is 10.6. The second-order valence-electron chi connectivity index (χ2n) is 3.75. The van der Waals surface area contributed by atoms with E-state index in [-0.39, 0.29) is 11.3 Å². The quantitative estimate of drug-likeness (QED) is 0.749. The SMILES string of the molecule is Cc1cc(O)ccc1-c1cc(F)c(F)cc1F. The van der Waals surface area contributed by atoms with E-state index in [1.165, 1.54) is 18.2 Å². The van der Waals surface area contributed by atoms with Gasteiger partial charge in [0.05, 0.1) is 0 Å². The molecule has 0 aliphatic rings. The molecule has 2 rings (SSSR count). The summed E-state index contributed by atoms with van der Waals surface area (Å²) in [5.41, 5.74) is 0.968. The molecule has 0 aliphatic carbocycles. The van der Waals surface area contributed by atoms with Crippen LogP contribution in [-0.2, 0) is 0 Å². The molecule has 0 spiro atoms. The Morgan fingerprint density at radius 1 is 0.824 bits per heavy atom. The van der Waals surface area contributed by atoms with Gasteiger partial charge in [0.15, 0.2) is 11.6 Å². The third-order valence-corrected chi connectivity index (χ3v) is 2.51. The highest BCUT2D eigenvalue weighted by Crippen LogP contribution is 2.29. The fourth-order valence-corrected chi connectivity index (χ4v) is 1.68. The van der Waals surface area contributed by atoms with Gasteiger partial charge in [0.25, 0.3) is 0 Å². The molecule has 0 fully saturated rings. The van der Waals surface area contributed by atoms with Crippen molar-refractivity contribution in [3.05, 3.63) is 53.3 Å². The van der Waals surface area contributed by atoms with Crippen LogP contribution in [0.5, 0.6) is 5.75 Å². The average Bonchev–Trinajstić information content (AvgIpc) is 2.24. The average molecular weight is 238 g/mol. The molecular weight excluding hydrogens is 229 g/mol. The molecule has 0 atom stereocenters. The minimum atomic E-state index is -1.22. The number of hydrogen-bond donors (Lipinski definition) is 1. The molecule has 0 heterocycles. The number of halogens is 3. The van der Waals surface area contributed by atoms with Crippen molar-refractivity contribution in [2.24, 2.45) is 0 Å². The van der Waals surface area contributed by atoms with Crippen LogP contribution in [0.4, 0.5) is 13.2 Å². The van der Waals surface area contributed by atoms with Gasteiger partial charge in [-0.1, -0.05) is 6.07 Å². The molecule has 2 aromatic rings. The van der Waals surface area contributed by atoms with Crippen LogP contribution in [0.1, 0.15) is 5.56 Å². The van der Waals surface area contributed by atoms with Gasteiger partial charge in [0.2, 0.25) is 0 Å². The van der Waals surface area contributed by atoms with E-state index in [1.807, 2.05) is 0 Å². The van der Waals surface area contributed by atoms with Crippen LogP contribution in [0.15, 0.2) is 30.3 Å². The van der Waals surface area contributed by atoms with Gasteiger partial charge in [0, 0.05) is 11.6 Å². The van der Waals surface area contributed by atoms with E-state index < -0.39 is 17.5 Å². The zero-order valence-corrected chi connectivity index (χ0v) is 8.97. The van der Waals surface area contributed by atoms with Crippen molar-refractivity contribution in [3.63, 3.8) is 0 Å². The molecular formula is C13H9F3O. The summed E-state index contributed by atoms with van der Waals surface area (Å²) in [6, 6.07) is 5.57. The van der Waals surface area contributed by atoms with Gasteiger partial charge in [0.1, 0.15) is 11.6 Å². The highest BCUT2D eigenvalue weighted by Gasteiger charge is 2.13. The maximum Gasteiger partial charge on any atom is 0.161 e. The maximum atomic E-state index is 13.5. The fourth-order valence-electron chi connectivity index (χ4n) is 1.68. The van der Waals surface area contributed by atoms with E-state index in [4.69, 9.17) is 0 Å². The zero-order valence-electron chi connectivity index (χ0n) is 8.97. The molecule has 0 aliphatic heterocycles. The lowest BCUT2D eigenvalue weighted by molar-refractivity contribution is 0.475. The van der Waals surface area contributed by atoms with Gasteiger partial charge >= 0.3 is 0 Å². The monoisotopic (exact) mass is 238 g/mol. The van der Waals surface area contributed by atoms with Crippen LogP contribution in [0.3, 0.4) is 0 Å². The van der Waals surface area contributed by atoms with E-state index in [2.05, 4.69) is 0 Å². The topological polar surface area (TPSA) is 20.2 Å². The van der Waals surface area contributed by atoms with E-state index in [9.17, 15) is 18.3 Å². The minimum Gasteiger partial charge on any atom is -0.508 e. The van der Waals surface area contributed by atoms with E-state index in [0.717, 1.165) is 6.07 Å². The molecule has 0 bridgehead atoms. The number of phenols is 1. The van der Waals surface area contributed by atoms with Crippen molar-refractivity contribution in [1.29, 1.82) is 0 Å². The Bertz CT molecular complexity index is 579. The summed E-state index contributed by atoms with van der Waals surface area (Å²) >= 11 is 0. The molecule has 17 heavy (non-hydrogen) atoms. The third kappa shape index (κ3) is 2.11. The molecule has 0 radical (unpaired) electrons. The number of aromatic hydroxyl groups is 1. The molecule has 2 aromatic carbocycles. The first kappa shape index (κ1) is 11.5. The number of rotatable bonds is 1. The van der Waals surface area contributed by atoms with E-state index >= 15 is 0 Å². The summed E-state index contributed by atoms with van der Waals surface area (Å²) < 4.78 is 39.4. The van der Waals surface area contributed by atoms with E-state index in [1.54, 1.807) is 6.92 Å². The number of hydrogen-bond acceptors (Lipinski definition) is 1. The zero-order chi connectivity index (χ0) is 12.6. The lowest BCUT2D eigenvalue weighted by atomic mass is 9.99. The van der Waals surface area contributed by atoms with Crippen LogP contribution in [-0.4, -0.2) is 5.11 Å². The van der Waals surface area contributed by atoms with Crippen LogP contribution in [0.25, 0.3) is 11.1 Å². The molecule has 0 amide bonds. The summed E-state index contributed by atoms with van der Waals surface area (Å²) in [7, 11) is 0. The fraction of sp³-hybridized carbons (Fsp3) is 0.0769. The molecule has 0 saturated carbocycles. The standard InChI is InChI=1S/C13H9F3O/c1-7-4-8(17)2-3-9(7)10-5-12(15)13(16)6-11(10)14/h2-6,17H,1H3. The van der Waals surface area contributed by atoms with Gasteiger partial charge < -0.3 is 5.11 Å². The van der Waals surface area contributed by atoms with Gasteiger partial charge in [-0.2, -0.15) is 0 Å². The predicted octanol–water partition coefficient (Wildman–Crippen LogP) is 3.78. The third-order valence-electron chi connectivity index (χ3n) is 2.51. The first-order valence-electron chi connectivity index (χ1n) is 4.93. The van der Waals surface area contributed by atoms with Crippen molar-refractivity contribution >= 4 is 0 Å². The molecule has 0 aromatic heterocycles. The Morgan fingerprint density at radius 3 is 2.12 bits per heavy atom. The molecule has 88 valence electrons. The number of aryl methyl sites for hydroxylation is 1. The van der Waals surface area contributed by atoms with E-state index in [0.29, 0.717) is 17.2 Å². The lowest BCUT2D eigenvalue weighted by Gasteiger charge is -2.08. The lowest BCUT2D eigenvalue weighted by Crippen LogP contribution is -1.93. The predicted molar refractivity (Wildman–Crippen MR) is 58.2 cm³/mol. The van der Waals surface area contributed by atoms with Crippen molar-refractivity contribution in [2.45, 2.75) is 6.92 Å². The highest BCUT2D eigenvalue weighted by atomic mass is 19.2. The van der Waals surface area contributed by atoms with Gasteiger partial charge in [-0.05, 0) is 36.2 Å². The summed E-state index contributed by atoms with van der Waals surface area (Å²) in [5, 5.41) is 9.22. The van der Waals surface area contributed by atoms with Crippen LogP contribution >= 0.6 is 0 Å². The molecule has 4 heteroatoms. The first-order chi connectivity index (χ1) is 7.99. The van der Waals surface area contributed by atoms with Gasteiger partial charge in [-0.15, -0.1) is 0 Å². The van der Waals surface area contributed by atoms with Crippen molar-refractivity contribution in [2.75, 3.05) is 0 Å². The minimum absolute atomic E-state index is 0.0265. The summed E-state index contributed by atoms with van der Waals surface area (Å²) in [6.45, 7) is 1.65. The maximum absolute atomic E-state index is 13.5. The van der Waals surface area contributed by atoms with Crippen LogP contribution in [0.2, 0.25) is 0 Å². The largest absolute Gasteiger partial charge is 0.508 e. The Kier molecular flexibility index (Phi) is 2.79. The van der Waals surface area contributed by atoms with Gasteiger partial charge in [-0.3, -0.25) is 0 Å². The number of benzene rings is 2. The Hall–Kier alpha value is -1.97. The second-order valence-corrected chi connectivity index (χ2v) is 3.75. The molecule has 0 unspecified atom stereocenters. The smallest absolute Gasteiger partial charge is 0.161 e. The summed E-state index contributed by atoms with van der Waals surface area (Å²) in [5.74, 6) is -3.12. The summed E-state index contributed by atoms with van der Waals surface area (Å²) in [4.78, 5) is 0. The summed E-state index contributed by atoms with van der Waals surface area (Å²) in [6.07, 6.45) is 0. The second kappa shape index (κ2) is 4.13. The van der Waals surface area contributed by atoms with Crippen LogP contribution in [0, 0.1) is 24.4 Å². The Morgan fingerprint density at radius 2 is 1.47 bits per heavy atom. The number of phenolic OH excluding ortho intramolecular Hbond substituents is 1. The van der Waals surface area contributed by atoms with Crippen molar-refractivity contribution in [1.82, 2.24) is 0 Å².